The van der Waals surface area contributed by atoms with E-state index in [1.165, 1.54) is 0 Å². The van der Waals surface area contributed by atoms with Crippen LogP contribution in [0.25, 0.3) is 10.8 Å². The Morgan fingerprint density at radius 2 is 1.87 bits per heavy atom. The topological polar surface area (TPSA) is 67.9 Å². The predicted molar refractivity (Wildman–Crippen MR) is 120 cm³/mol. The minimum Gasteiger partial charge on any atom is -0.444 e. The minimum absolute atomic E-state index is 0.0678. The Kier molecular flexibility index (Phi) is 6.04. The molecule has 1 atom stereocenters. The molecule has 1 heterocycles. The lowest BCUT2D eigenvalue weighted by molar-refractivity contribution is -0.0167. The highest BCUT2D eigenvalue weighted by atomic mass is 16.6. The van der Waals surface area contributed by atoms with Crippen molar-refractivity contribution in [2.24, 2.45) is 0 Å². The molecular formula is C25H32N2O4. The number of ketones is 1. The van der Waals surface area contributed by atoms with Crippen LogP contribution in [0.2, 0.25) is 0 Å². The van der Waals surface area contributed by atoms with Gasteiger partial charge >= 0.3 is 6.09 Å². The molecule has 6 nitrogen and oxygen atoms in total. The van der Waals surface area contributed by atoms with Crippen LogP contribution in [0.15, 0.2) is 42.5 Å². The van der Waals surface area contributed by atoms with Crippen LogP contribution in [0.1, 0.15) is 50.4 Å². The number of benzene rings is 2. The third kappa shape index (κ3) is 4.75. The van der Waals surface area contributed by atoms with Gasteiger partial charge in [-0.05, 0) is 44.4 Å². The Morgan fingerprint density at radius 3 is 2.61 bits per heavy atom. The molecule has 1 N–H and O–H groups in total. The number of nitrogens with zero attached hydrogens (tertiary/aromatic N) is 1. The van der Waals surface area contributed by atoms with Crippen LogP contribution >= 0.6 is 0 Å². The highest BCUT2D eigenvalue weighted by molar-refractivity contribution is 6.13. The van der Waals surface area contributed by atoms with Gasteiger partial charge in [0.05, 0.1) is 6.10 Å². The third-order valence-corrected chi connectivity index (χ3v) is 5.91. The summed E-state index contributed by atoms with van der Waals surface area (Å²) in [5.74, 6) is -0.0678. The van der Waals surface area contributed by atoms with E-state index in [2.05, 4.69) is 5.32 Å². The third-order valence-electron chi connectivity index (χ3n) is 5.91. The van der Waals surface area contributed by atoms with Gasteiger partial charge in [-0.1, -0.05) is 42.5 Å². The van der Waals surface area contributed by atoms with Crippen molar-refractivity contribution in [3.8, 4) is 0 Å². The molecule has 166 valence electrons. The number of carbonyl (C=O) groups excluding carboxylic acids is 2. The van der Waals surface area contributed by atoms with E-state index < -0.39 is 17.2 Å². The normalized spacial score (nSPS) is 21.8. The summed E-state index contributed by atoms with van der Waals surface area (Å²) in [4.78, 5) is 29.0. The average molecular weight is 425 g/mol. The molecule has 1 aliphatic carbocycles. The van der Waals surface area contributed by atoms with Gasteiger partial charge in [-0.2, -0.15) is 0 Å². The lowest BCUT2D eigenvalue weighted by Crippen LogP contribution is -2.67. The molecule has 6 heteroatoms. The number of nitrogens with one attached hydrogen (secondary N) is 1. The molecule has 1 aliphatic heterocycles. The van der Waals surface area contributed by atoms with Crippen molar-refractivity contribution in [2.75, 3.05) is 26.2 Å². The number of amides is 1. The molecule has 0 spiro atoms. The van der Waals surface area contributed by atoms with E-state index in [1.54, 1.807) is 4.90 Å². The molecule has 0 bridgehead atoms. The molecule has 2 aromatic carbocycles. The molecule has 31 heavy (non-hydrogen) atoms. The van der Waals surface area contributed by atoms with E-state index in [-0.39, 0.29) is 11.9 Å². The quantitative estimate of drug-likeness (QED) is 0.705. The summed E-state index contributed by atoms with van der Waals surface area (Å²) in [6, 6.07) is 13.6. The number of Topliss-reactive ketones (excluding diaryl/α,β-unsaturated/α-hetero) is 1. The Balaban J connectivity index is 1.73. The van der Waals surface area contributed by atoms with Gasteiger partial charge < -0.3 is 14.8 Å². The summed E-state index contributed by atoms with van der Waals surface area (Å²) in [6.07, 6.45) is 2.40. The van der Waals surface area contributed by atoms with Gasteiger partial charge in [-0.25, -0.2) is 4.79 Å². The second-order valence-corrected chi connectivity index (χ2v) is 9.52. The smallest absolute Gasteiger partial charge is 0.411 e. The van der Waals surface area contributed by atoms with Crippen LogP contribution in [0.5, 0.6) is 0 Å². The number of fused-ring (bicyclic) bond motifs is 1. The molecule has 4 rings (SSSR count). The Morgan fingerprint density at radius 1 is 1.13 bits per heavy atom. The van der Waals surface area contributed by atoms with E-state index in [1.807, 2.05) is 63.2 Å². The molecule has 1 saturated carbocycles. The van der Waals surface area contributed by atoms with Crippen molar-refractivity contribution in [3.63, 3.8) is 0 Å². The van der Waals surface area contributed by atoms with Crippen molar-refractivity contribution < 1.29 is 19.1 Å². The SMILES string of the molecule is CC(C)(C)OC(=O)N1CCNC[C@@]1(CCOC1CC1)C(=O)c1cccc2ccccc12. The highest BCUT2D eigenvalue weighted by Crippen LogP contribution is 2.33. The van der Waals surface area contributed by atoms with Crippen LogP contribution in [-0.4, -0.2) is 60.3 Å². The maximum absolute atomic E-state index is 14.2. The minimum atomic E-state index is -1.06. The Labute approximate surface area is 183 Å². The van der Waals surface area contributed by atoms with E-state index in [9.17, 15) is 9.59 Å². The molecule has 2 aliphatic rings. The van der Waals surface area contributed by atoms with Crippen molar-refractivity contribution in [1.82, 2.24) is 10.2 Å². The number of carbonyl (C=O) groups is 2. The molecule has 1 saturated heterocycles. The van der Waals surface area contributed by atoms with Gasteiger partial charge in [0.1, 0.15) is 11.1 Å². The lowest BCUT2D eigenvalue weighted by Gasteiger charge is -2.46. The lowest BCUT2D eigenvalue weighted by atomic mass is 9.81. The predicted octanol–water partition coefficient (Wildman–Crippen LogP) is 4.17. The van der Waals surface area contributed by atoms with E-state index in [0.29, 0.717) is 38.2 Å². The first-order valence-corrected chi connectivity index (χ1v) is 11.2. The summed E-state index contributed by atoms with van der Waals surface area (Å²) in [5, 5.41) is 5.25. The summed E-state index contributed by atoms with van der Waals surface area (Å²) in [6.45, 7) is 7.37. The van der Waals surface area contributed by atoms with Gasteiger partial charge in [-0.15, -0.1) is 0 Å². The van der Waals surface area contributed by atoms with Gasteiger partial charge in [0.25, 0.3) is 0 Å². The van der Waals surface area contributed by atoms with Crippen LogP contribution < -0.4 is 5.32 Å². The second-order valence-electron chi connectivity index (χ2n) is 9.52. The number of rotatable bonds is 6. The molecule has 2 aromatic rings. The number of piperazine rings is 1. The first-order valence-electron chi connectivity index (χ1n) is 11.2. The van der Waals surface area contributed by atoms with E-state index in [0.717, 1.165) is 23.6 Å². The maximum Gasteiger partial charge on any atom is 0.411 e. The summed E-state index contributed by atoms with van der Waals surface area (Å²) in [5.41, 5.74) is -1.07. The van der Waals surface area contributed by atoms with Crippen LogP contribution in [0.4, 0.5) is 4.79 Å². The second kappa shape index (κ2) is 8.60. The first-order chi connectivity index (χ1) is 14.8. The number of hydrogen-bond donors (Lipinski definition) is 1. The van der Waals surface area contributed by atoms with Crippen LogP contribution in [-0.2, 0) is 9.47 Å². The van der Waals surface area contributed by atoms with Gasteiger partial charge in [-0.3, -0.25) is 9.69 Å². The fourth-order valence-electron chi connectivity index (χ4n) is 4.22. The van der Waals surface area contributed by atoms with Crippen molar-refractivity contribution in [1.29, 1.82) is 0 Å². The number of hydrogen-bond acceptors (Lipinski definition) is 5. The zero-order valence-corrected chi connectivity index (χ0v) is 18.6. The van der Waals surface area contributed by atoms with Gasteiger partial charge in [0.15, 0.2) is 5.78 Å². The van der Waals surface area contributed by atoms with Crippen LogP contribution in [0, 0.1) is 0 Å². The van der Waals surface area contributed by atoms with Gasteiger partial charge in [0, 0.05) is 38.2 Å². The summed E-state index contributed by atoms with van der Waals surface area (Å²) >= 11 is 0. The fraction of sp³-hybridized carbons (Fsp3) is 0.520. The van der Waals surface area contributed by atoms with Crippen LogP contribution in [0.3, 0.4) is 0 Å². The number of ether oxygens (including phenoxy) is 2. The molecule has 0 unspecified atom stereocenters. The molecular weight excluding hydrogens is 392 g/mol. The standard InChI is InChI=1S/C25H32N2O4/c1-24(2,3)31-23(29)27-15-14-26-17-25(27,13-16-30-19-11-12-19)22(28)21-10-6-8-18-7-4-5-9-20(18)21/h4-10,19,26H,11-17H2,1-3H3/t25-/m0/s1. The summed E-state index contributed by atoms with van der Waals surface area (Å²) < 4.78 is 11.6. The van der Waals surface area contributed by atoms with Gasteiger partial charge in [0.2, 0.25) is 0 Å². The average Bonchev–Trinajstić information content (AvgIpc) is 3.56. The fourth-order valence-corrected chi connectivity index (χ4v) is 4.22. The van der Waals surface area contributed by atoms with Crippen molar-refractivity contribution in [2.45, 2.75) is 57.3 Å². The Bertz CT molecular complexity index is 958. The Hall–Kier alpha value is -2.44. The zero-order valence-electron chi connectivity index (χ0n) is 18.6. The largest absolute Gasteiger partial charge is 0.444 e. The molecule has 2 fully saturated rings. The maximum atomic E-state index is 14.2. The van der Waals surface area contributed by atoms with E-state index in [4.69, 9.17) is 9.47 Å². The van der Waals surface area contributed by atoms with Crippen molar-refractivity contribution in [3.05, 3.63) is 48.0 Å². The molecule has 0 aromatic heterocycles. The first kappa shape index (κ1) is 21.8. The molecule has 1 amide bonds. The van der Waals surface area contributed by atoms with E-state index >= 15 is 0 Å². The molecule has 0 radical (unpaired) electrons. The summed E-state index contributed by atoms with van der Waals surface area (Å²) in [7, 11) is 0. The van der Waals surface area contributed by atoms with Crippen molar-refractivity contribution >= 4 is 22.6 Å². The zero-order chi connectivity index (χ0) is 22.1. The monoisotopic (exact) mass is 424 g/mol. The highest BCUT2D eigenvalue weighted by Gasteiger charge is 2.49.